The molecule has 0 saturated carbocycles. The minimum atomic E-state index is -0.747. The van der Waals surface area contributed by atoms with E-state index in [9.17, 15) is 9.59 Å². The van der Waals surface area contributed by atoms with Crippen molar-refractivity contribution in [3.63, 3.8) is 0 Å². The highest BCUT2D eigenvalue weighted by Crippen LogP contribution is 2.26. The van der Waals surface area contributed by atoms with E-state index < -0.39 is 18.1 Å². The zero-order valence-corrected chi connectivity index (χ0v) is 15.9. The molecule has 2 unspecified atom stereocenters. The molecule has 1 amide bonds. The number of benzene rings is 2. The van der Waals surface area contributed by atoms with Crippen molar-refractivity contribution in [2.24, 2.45) is 5.73 Å². The molecule has 7 heteroatoms. The molecule has 29 heavy (non-hydrogen) atoms. The van der Waals surface area contributed by atoms with E-state index in [1.54, 1.807) is 48.5 Å². The van der Waals surface area contributed by atoms with Gasteiger partial charge in [-0.15, -0.1) is 0 Å². The number of carbonyl (C=O) groups is 2. The fourth-order valence-electron chi connectivity index (χ4n) is 3.24. The van der Waals surface area contributed by atoms with Crippen LogP contribution in [0, 0.1) is 5.41 Å². The Bertz CT molecular complexity index is 913. The fourth-order valence-corrected chi connectivity index (χ4v) is 3.24. The molecule has 2 aromatic rings. The number of nitrogens with zero attached hydrogens (tertiary/aromatic N) is 1. The van der Waals surface area contributed by atoms with E-state index in [-0.39, 0.29) is 24.9 Å². The second-order valence-electron chi connectivity index (χ2n) is 6.68. The summed E-state index contributed by atoms with van der Waals surface area (Å²) < 4.78 is 11.2. The van der Waals surface area contributed by atoms with Gasteiger partial charge in [-0.05, 0) is 24.3 Å². The SMILES string of the molecule is C=CCOC(=O)C1CC(Oc2cccc(C(=N)N)c2)CN1C(=O)c1ccccc1. The molecule has 7 nitrogen and oxygen atoms in total. The molecule has 2 atom stereocenters. The Morgan fingerprint density at radius 3 is 2.59 bits per heavy atom. The lowest BCUT2D eigenvalue weighted by Gasteiger charge is -2.22. The molecular weight excluding hydrogens is 370 g/mol. The first-order valence-electron chi connectivity index (χ1n) is 9.24. The number of hydrogen-bond donors (Lipinski definition) is 2. The summed E-state index contributed by atoms with van der Waals surface area (Å²) in [4.78, 5) is 27.0. The third-order valence-electron chi connectivity index (χ3n) is 4.61. The van der Waals surface area contributed by atoms with Gasteiger partial charge in [-0.1, -0.05) is 43.0 Å². The van der Waals surface area contributed by atoms with Gasteiger partial charge in [0.05, 0.1) is 6.54 Å². The molecule has 3 rings (SSSR count). The van der Waals surface area contributed by atoms with Crippen LogP contribution in [0.15, 0.2) is 67.3 Å². The van der Waals surface area contributed by atoms with Crippen LogP contribution in [0.4, 0.5) is 0 Å². The standard InChI is InChI=1S/C22H23N3O4/c1-2-11-28-22(27)19-13-18(29-17-10-6-9-16(12-17)20(23)24)14-25(19)21(26)15-7-4-3-5-8-15/h2-10,12,18-19H,1,11,13-14H2,(H3,23,24). The van der Waals surface area contributed by atoms with Crippen LogP contribution in [-0.2, 0) is 9.53 Å². The van der Waals surface area contributed by atoms with Gasteiger partial charge in [-0.25, -0.2) is 4.79 Å². The average molecular weight is 393 g/mol. The molecule has 0 aliphatic carbocycles. The first-order chi connectivity index (χ1) is 14.0. The van der Waals surface area contributed by atoms with Gasteiger partial charge in [0.1, 0.15) is 30.3 Å². The van der Waals surface area contributed by atoms with E-state index in [0.29, 0.717) is 23.3 Å². The van der Waals surface area contributed by atoms with Gasteiger partial charge >= 0.3 is 5.97 Å². The summed E-state index contributed by atoms with van der Waals surface area (Å²) in [6.45, 7) is 3.86. The van der Waals surface area contributed by atoms with Crippen molar-refractivity contribution < 1.29 is 19.1 Å². The van der Waals surface area contributed by atoms with Crippen molar-refractivity contribution in [1.82, 2.24) is 4.90 Å². The molecular formula is C22H23N3O4. The highest BCUT2D eigenvalue weighted by atomic mass is 16.5. The first-order valence-corrected chi connectivity index (χ1v) is 9.24. The Hall–Kier alpha value is -3.61. The summed E-state index contributed by atoms with van der Waals surface area (Å²) in [6.07, 6.45) is 1.39. The molecule has 1 saturated heterocycles. The highest BCUT2D eigenvalue weighted by Gasteiger charge is 2.42. The number of carbonyl (C=O) groups excluding carboxylic acids is 2. The molecule has 3 N–H and O–H groups in total. The van der Waals surface area contributed by atoms with Crippen LogP contribution in [0.1, 0.15) is 22.3 Å². The maximum atomic E-state index is 13.0. The Morgan fingerprint density at radius 1 is 1.17 bits per heavy atom. The first kappa shape index (κ1) is 20.1. The van der Waals surface area contributed by atoms with Crippen LogP contribution < -0.4 is 10.5 Å². The van der Waals surface area contributed by atoms with Gasteiger partial charge in [0.25, 0.3) is 5.91 Å². The molecule has 1 aliphatic heterocycles. The van der Waals surface area contributed by atoms with E-state index in [0.717, 1.165) is 0 Å². The van der Waals surface area contributed by atoms with Gasteiger partial charge in [0.15, 0.2) is 0 Å². The van der Waals surface area contributed by atoms with Crippen molar-refractivity contribution in [3.8, 4) is 5.75 Å². The van der Waals surface area contributed by atoms with Gasteiger partial charge in [-0.2, -0.15) is 0 Å². The van der Waals surface area contributed by atoms with E-state index in [1.165, 1.54) is 11.0 Å². The quantitative estimate of drug-likeness (QED) is 0.325. The summed E-state index contributed by atoms with van der Waals surface area (Å²) in [6, 6.07) is 14.9. The third-order valence-corrected chi connectivity index (χ3v) is 4.61. The summed E-state index contributed by atoms with van der Waals surface area (Å²) >= 11 is 0. The van der Waals surface area contributed by atoms with Crippen molar-refractivity contribution >= 4 is 17.7 Å². The minimum Gasteiger partial charge on any atom is -0.488 e. The van der Waals surface area contributed by atoms with Crippen molar-refractivity contribution in [2.75, 3.05) is 13.2 Å². The van der Waals surface area contributed by atoms with Crippen molar-refractivity contribution in [3.05, 3.63) is 78.4 Å². The molecule has 1 fully saturated rings. The van der Waals surface area contributed by atoms with E-state index in [1.807, 2.05) is 6.07 Å². The van der Waals surface area contributed by atoms with Crippen molar-refractivity contribution in [1.29, 1.82) is 5.41 Å². The Kier molecular flexibility index (Phi) is 6.29. The molecule has 1 heterocycles. The number of amidine groups is 1. The molecule has 150 valence electrons. The lowest BCUT2D eigenvalue weighted by atomic mass is 10.1. The molecule has 0 bridgehead atoms. The predicted octanol–water partition coefficient (Wildman–Crippen LogP) is 2.36. The number of amides is 1. The van der Waals surface area contributed by atoms with Gasteiger partial charge in [0, 0.05) is 17.5 Å². The Labute approximate surface area is 169 Å². The zero-order valence-electron chi connectivity index (χ0n) is 15.9. The molecule has 2 aromatic carbocycles. The maximum absolute atomic E-state index is 13.0. The monoisotopic (exact) mass is 393 g/mol. The van der Waals surface area contributed by atoms with Crippen LogP contribution in [0.3, 0.4) is 0 Å². The van der Waals surface area contributed by atoms with Gasteiger partial charge < -0.3 is 20.1 Å². The number of nitrogens with two attached hydrogens (primary N) is 1. The lowest BCUT2D eigenvalue weighted by Crippen LogP contribution is -2.41. The number of rotatable bonds is 7. The number of hydrogen-bond acceptors (Lipinski definition) is 5. The largest absolute Gasteiger partial charge is 0.488 e. The number of nitrogens with one attached hydrogen (secondary N) is 1. The Morgan fingerprint density at radius 2 is 1.90 bits per heavy atom. The van der Waals surface area contributed by atoms with E-state index >= 15 is 0 Å². The van der Waals surface area contributed by atoms with Crippen LogP contribution in [0.2, 0.25) is 0 Å². The number of likely N-dealkylation sites (tertiary alicyclic amines) is 1. The zero-order chi connectivity index (χ0) is 20.8. The Balaban J connectivity index is 1.79. The van der Waals surface area contributed by atoms with E-state index in [4.69, 9.17) is 20.6 Å². The topological polar surface area (TPSA) is 106 Å². The number of ether oxygens (including phenoxy) is 2. The second kappa shape index (κ2) is 9.05. The van der Waals surface area contributed by atoms with Crippen LogP contribution in [0.25, 0.3) is 0 Å². The number of nitrogen functional groups attached to an aromatic ring is 1. The molecule has 0 spiro atoms. The highest BCUT2D eigenvalue weighted by molar-refractivity contribution is 5.97. The minimum absolute atomic E-state index is 0.0615. The normalized spacial score (nSPS) is 18.1. The fraction of sp³-hybridized carbons (Fsp3) is 0.227. The third kappa shape index (κ3) is 4.82. The van der Waals surface area contributed by atoms with E-state index in [2.05, 4.69) is 6.58 Å². The van der Waals surface area contributed by atoms with Crippen molar-refractivity contribution in [2.45, 2.75) is 18.6 Å². The maximum Gasteiger partial charge on any atom is 0.329 e. The van der Waals surface area contributed by atoms with Crippen LogP contribution >= 0.6 is 0 Å². The number of esters is 1. The smallest absolute Gasteiger partial charge is 0.329 e. The molecule has 0 aromatic heterocycles. The summed E-state index contributed by atoms with van der Waals surface area (Å²) in [5.74, 6) is -0.281. The summed E-state index contributed by atoms with van der Waals surface area (Å²) in [5.41, 5.74) is 6.57. The molecule has 0 radical (unpaired) electrons. The lowest BCUT2D eigenvalue weighted by molar-refractivity contribution is -0.146. The molecule has 1 aliphatic rings. The average Bonchev–Trinajstić information content (AvgIpc) is 3.16. The summed E-state index contributed by atoms with van der Waals surface area (Å²) in [7, 11) is 0. The predicted molar refractivity (Wildman–Crippen MR) is 109 cm³/mol. The van der Waals surface area contributed by atoms with Gasteiger partial charge in [-0.3, -0.25) is 10.2 Å². The van der Waals surface area contributed by atoms with Crippen LogP contribution in [0.5, 0.6) is 5.75 Å². The second-order valence-corrected chi connectivity index (χ2v) is 6.68. The van der Waals surface area contributed by atoms with Crippen LogP contribution in [-0.4, -0.2) is 47.9 Å². The summed E-state index contributed by atoms with van der Waals surface area (Å²) in [5, 5.41) is 7.55. The van der Waals surface area contributed by atoms with Gasteiger partial charge in [0.2, 0.25) is 0 Å².